The smallest absolute Gasteiger partial charge is 0.281 e. The van der Waals surface area contributed by atoms with Crippen molar-refractivity contribution in [3.63, 3.8) is 0 Å². The number of aromatic nitrogens is 1. The van der Waals surface area contributed by atoms with Gasteiger partial charge in [-0.25, -0.2) is 0 Å². The van der Waals surface area contributed by atoms with Crippen molar-refractivity contribution in [2.45, 2.75) is 81.1 Å². The van der Waals surface area contributed by atoms with E-state index in [4.69, 9.17) is 4.74 Å². The highest BCUT2D eigenvalue weighted by molar-refractivity contribution is 5.97. The number of piperidine rings is 1. The maximum atomic E-state index is 14.4. The summed E-state index contributed by atoms with van der Waals surface area (Å²) >= 11 is 0. The molecule has 4 saturated heterocycles. The lowest BCUT2D eigenvalue weighted by atomic mass is 9.72. The molecule has 0 radical (unpaired) electrons. The molecule has 230 valence electrons. The number of hydrogen-bond acceptors (Lipinski definition) is 6. The van der Waals surface area contributed by atoms with E-state index in [2.05, 4.69) is 46.6 Å². The second-order valence-corrected chi connectivity index (χ2v) is 13.3. The lowest BCUT2D eigenvalue weighted by molar-refractivity contribution is -0.317. The van der Waals surface area contributed by atoms with Crippen molar-refractivity contribution in [1.29, 1.82) is 0 Å². The minimum Gasteiger partial charge on any atom is -0.361 e. The predicted molar refractivity (Wildman–Crippen MR) is 162 cm³/mol. The lowest BCUT2D eigenvalue weighted by Crippen LogP contribution is -2.71. The zero-order valence-electron chi connectivity index (χ0n) is 25.2. The summed E-state index contributed by atoms with van der Waals surface area (Å²) in [6, 6.07) is 14.5. The summed E-state index contributed by atoms with van der Waals surface area (Å²) in [5, 5.41) is 16.5. The van der Waals surface area contributed by atoms with E-state index < -0.39 is 29.6 Å². The molecule has 10 nitrogen and oxygen atoms in total. The molecular formula is C34H39N5O5. The minimum absolute atomic E-state index is 0.121. The average molecular weight is 598 g/mol. The second kappa shape index (κ2) is 9.89. The zero-order chi connectivity index (χ0) is 30.4. The van der Waals surface area contributed by atoms with Crippen molar-refractivity contribution in [1.82, 2.24) is 25.0 Å². The summed E-state index contributed by atoms with van der Waals surface area (Å²) in [6.45, 7) is 2.83. The van der Waals surface area contributed by atoms with Gasteiger partial charge in [0.05, 0.1) is 5.92 Å². The largest absolute Gasteiger partial charge is 0.361 e. The zero-order valence-corrected chi connectivity index (χ0v) is 25.2. The number of likely N-dealkylation sites (tertiary alicyclic amines) is 1. The third-order valence-electron chi connectivity index (χ3n) is 11.0. The van der Waals surface area contributed by atoms with Crippen LogP contribution in [0.5, 0.6) is 0 Å². The third-order valence-corrected chi connectivity index (χ3v) is 11.0. The van der Waals surface area contributed by atoms with E-state index in [0.29, 0.717) is 32.4 Å². The Balaban J connectivity index is 1.10. The molecule has 7 atom stereocenters. The molecule has 3 N–H and O–H groups in total. The van der Waals surface area contributed by atoms with Crippen LogP contribution in [0.25, 0.3) is 10.9 Å². The molecule has 2 aromatic carbocycles. The Morgan fingerprint density at radius 1 is 1.16 bits per heavy atom. The van der Waals surface area contributed by atoms with Crippen molar-refractivity contribution >= 4 is 28.6 Å². The van der Waals surface area contributed by atoms with E-state index in [1.807, 2.05) is 30.3 Å². The number of likely N-dealkylation sites (N-methyl/N-ethyl adjacent to an activating group) is 1. The number of carbonyl (C=O) groups excluding carboxylic acids is 3. The fourth-order valence-corrected chi connectivity index (χ4v) is 8.85. The first-order valence-electron chi connectivity index (χ1n) is 16.0. The molecule has 44 heavy (non-hydrogen) atoms. The Hall–Kier alpha value is -3.73. The van der Waals surface area contributed by atoms with E-state index in [0.717, 1.165) is 17.5 Å². The van der Waals surface area contributed by atoms with Gasteiger partial charge in [0.15, 0.2) is 0 Å². The molecule has 10 heteroatoms. The molecule has 0 unspecified atom stereocenters. The van der Waals surface area contributed by atoms with Gasteiger partial charge in [-0.05, 0) is 55.5 Å². The molecule has 3 aromatic rings. The quantitative estimate of drug-likeness (QED) is 0.416. The van der Waals surface area contributed by atoms with Gasteiger partial charge in [-0.1, -0.05) is 49.4 Å². The molecule has 8 rings (SSSR count). The Morgan fingerprint density at radius 3 is 2.77 bits per heavy atom. The van der Waals surface area contributed by atoms with Crippen LogP contribution in [-0.4, -0.2) is 92.4 Å². The number of H-pyrrole nitrogens is 1. The van der Waals surface area contributed by atoms with E-state index in [1.54, 1.807) is 11.8 Å². The number of piperazine rings is 1. The maximum Gasteiger partial charge on any atom is 0.281 e. The summed E-state index contributed by atoms with van der Waals surface area (Å²) in [4.78, 5) is 50.9. The van der Waals surface area contributed by atoms with Gasteiger partial charge in [0, 0.05) is 55.0 Å². The van der Waals surface area contributed by atoms with Crippen LogP contribution in [0, 0.1) is 5.92 Å². The Morgan fingerprint density at radius 2 is 1.98 bits per heavy atom. The van der Waals surface area contributed by atoms with Crippen LogP contribution in [0.2, 0.25) is 0 Å². The van der Waals surface area contributed by atoms with Gasteiger partial charge in [0.2, 0.25) is 17.5 Å². The molecule has 3 amide bonds. The molecule has 0 bridgehead atoms. The van der Waals surface area contributed by atoms with E-state index in [1.165, 1.54) is 21.4 Å². The van der Waals surface area contributed by atoms with Crippen LogP contribution in [0.4, 0.5) is 0 Å². The third kappa shape index (κ3) is 3.87. The SMILES string of the molecule is CC[C@@]1(NC(=O)[C@@H]2C[C@@H]3c4cccc5[nH]cc(c45)C[C@H]3N(C)C2)O[C@@]2(O)[C@@H]3CCCN3C(=O)[C@H](Cc3ccccc3)N2C1=O. The first-order chi connectivity index (χ1) is 21.2. The van der Waals surface area contributed by atoms with Gasteiger partial charge in [0.25, 0.3) is 11.8 Å². The van der Waals surface area contributed by atoms with Crippen molar-refractivity contribution in [2.24, 2.45) is 5.92 Å². The van der Waals surface area contributed by atoms with Gasteiger partial charge in [-0.2, -0.15) is 0 Å². The van der Waals surface area contributed by atoms with E-state index in [-0.39, 0.29) is 42.5 Å². The van der Waals surface area contributed by atoms with Crippen LogP contribution in [0.3, 0.4) is 0 Å². The normalized spacial score (nSPS) is 34.7. The Labute approximate surface area is 256 Å². The number of fused-ring (bicyclic) bond motifs is 5. The molecular weight excluding hydrogens is 558 g/mol. The van der Waals surface area contributed by atoms with Gasteiger partial charge in [-0.3, -0.25) is 24.0 Å². The first-order valence-corrected chi connectivity index (χ1v) is 16.0. The monoisotopic (exact) mass is 597 g/mol. The average Bonchev–Trinajstić information content (AvgIpc) is 3.74. The fourth-order valence-electron chi connectivity index (χ4n) is 8.85. The summed E-state index contributed by atoms with van der Waals surface area (Å²) < 4.78 is 6.40. The molecule has 0 saturated carbocycles. The highest BCUT2D eigenvalue weighted by atomic mass is 16.7. The Bertz CT molecular complexity index is 1660. The van der Waals surface area contributed by atoms with Crippen LogP contribution in [0.1, 0.15) is 55.2 Å². The topological polar surface area (TPSA) is 118 Å². The molecule has 5 heterocycles. The lowest BCUT2D eigenvalue weighted by Gasteiger charge is -2.48. The highest BCUT2D eigenvalue weighted by Gasteiger charge is 2.70. The van der Waals surface area contributed by atoms with Crippen molar-refractivity contribution in [3.05, 3.63) is 71.4 Å². The number of nitrogens with zero attached hydrogens (tertiary/aromatic N) is 3. The molecule has 4 aliphatic heterocycles. The first kappa shape index (κ1) is 27.8. The van der Waals surface area contributed by atoms with Crippen molar-refractivity contribution in [2.75, 3.05) is 20.1 Å². The Kier molecular flexibility index (Phi) is 6.25. The summed E-state index contributed by atoms with van der Waals surface area (Å²) in [7, 11) is 2.07. The number of carbonyl (C=O) groups is 3. The van der Waals surface area contributed by atoms with Gasteiger partial charge in [0.1, 0.15) is 12.1 Å². The standard InChI is InChI=1S/C34H39N5O5/c1-3-33(36-30(40)22-16-24-23-11-7-12-25-29(23)21(18-35-25)17-26(24)37(2)19-22)32(42)39-27(15-20-9-5-4-6-10-20)31(41)38-14-8-13-28(38)34(39,43)44-33/h4-7,9-12,18,22,24,26-28,35,43H,3,8,13-17,19H2,1-2H3,(H,36,40)/t22-,24-,26-,27+,28+,33-,34+/m1/s1. The summed E-state index contributed by atoms with van der Waals surface area (Å²) in [6.07, 6.45) is 5.27. The van der Waals surface area contributed by atoms with Gasteiger partial charge >= 0.3 is 0 Å². The van der Waals surface area contributed by atoms with Crippen molar-refractivity contribution < 1.29 is 24.2 Å². The van der Waals surface area contributed by atoms with Gasteiger partial charge < -0.3 is 25.2 Å². The second-order valence-electron chi connectivity index (χ2n) is 13.3. The molecule has 5 aliphatic rings. The number of aliphatic hydroxyl groups is 1. The molecule has 1 aromatic heterocycles. The summed E-state index contributed by atoms with van der Waals surface area (Å²) in [5.41, 5.74) is 2.80. The number of ether oxygens (including phenoxy) is 1. The van der Waals surface area contributed by atoms with Crippen molar-refractivity contribution in [3.8, 4) is 0 Å². The minimum atomic E-state index is -2.03. The molecule has 4 fully saturated rings. The van der Waals surface area contributed by atoms with Crippen LogP contribution < -0.4 is 5.32 Å². The number of nitrogens with one attached hydrogen (secondary N) is 2. The predicted octanol–water partition coefficient (Wildman–Crippen LogP) is 2.47. The number of rotatable bonds is 5. The molecule has 0 spiro atoms. The fraction of sp³-hybridized carbons (Fsp3) is 0.500. The maximum absolute atomic E-state index is 14.4. The molecule has 1 aliphatic carbocycles. The highest BCUT2D eigenvalue weighted by Crippen LogP contribution is 2.48. The number of benzene rings is 2. The van der Waals surface area contributed by atoms with Crippen LogP contribution in [0.15, 0.2) is 54.7 Å². The number of hydrogen-bond donors (Lipinski definition) is 3. The number of aromatic amines is 1. The number of amides is 3. The van der Waals surface area contributed by atoms with Gasteiger partial charge in [-0.15, -0.1) is 0 Å². The summed E-state index contributed by atoms with van der Waals surface area (Å²) in [5.74, 6) is -3.25. The van der Waals surface area contributed by atoms with Crippen LogP contribution in [-0.2, 0) is 32.0 Å². The van der Waals surface area contributed by atoms with Crippen LogP contribution >= 0.6 is 0 Å². The van der Waals surface area contributed by atoms with E-state index >= 15 is 0 Å². The van der Waals surface area contributed by atoms with E-state index in [9.17, 15) is 19.5 Å².